The quantitative estimate of drug-likeness (QED) is 0.577. The molecule has 0 aliphatic carbocycles. The van der Waals surface area contributed by atoms with E-state index in [-0.39, 0.29) is 29.2 Å². The van der Waals surface area contributed by atoms with Crippen LogP contribution in [0.15, 0.2) is 45.6 Å². The third-order valence-electron chi connectivity index (χ3n) is 3.58. The fourth-order valence-corrected chi connectivity index (χ4v) is 2.41. The summed E-state index contributed by atoms with van der Waals surface area (Å²) in [5, 5.41) is -0.256. The zero-order chi connectivity index (χ0) is 19.5. The van der Waals surface area contributed by atoms with Crippen LogP contribution < -0.4 is 10.4 Å². The van der Waals surface area contributed by atoms with Crippen LogP contribution in [0, 0.1) is 0 Å². The summed E-state index contributed by atoms with van der Waals surface area (Å²) in [6, 6.07) is 4.00. The number of halogens is 3. The van der Waals surface area contributed by atoms with Crippen molar-refractivity contribution in [1.29, 1.82) is 0 Å². The van der Waals surface area contributed by atoms with Gasteiger partial charge in [0, 0.05) is 30.6 Å². The van der Waals surface area contributed by atoms with Gasteiger partial charge in [0.05, 0.1) is 5.56 Å². The molecule has 0 radical (unpaired) electrons. The number of hydrogen-bond acceptors (Lipinski definition) is 4. The lowest BCUT2D eigenvalue weighted by Crippen LogP contribution is -2.35. The molecule has 1 aromatic heterocycles. The number of amides is 1. The average molecular weight is 369 g/mol. The van der Waals surface area contributed by atoms with E-state index >= 15 is 0 Å². The molecule has 0 bridgehead atoms. The summed E-state index contributed by atoms with van der Waals surface area (Å²) in [4.78, 5) is 25.0. The lowest BCUT2D eigenvalue weighted by atomic mass is 10.1. The van der Waals surface area contributed by atoms with Crippen molar-refractivity contribution in [2.45, 2.75) is 20.0 Å². The van der Waals surface area contributed by atoms with Gasteiger partial charge < -0.3 is 14.1 Å². The highest BCUT2D eigenvalue weighted by molar-refractivity contribution is 5.82. The Hall–Kier alpha value is -2.77. The molecule has 2 aromatic rings. The predicted molar refractivity (Wildman–Crippen MR) is 90.0 cm³/mol. The summed E-state index contributed by atoms with van der Waals surface area (Å²) in [5.74, 6) is -0.166. The molecule has 0 saturated heterocycles. The van der Waals surface area contributed by atoms with Crippen molar-refractivity contribution in [3.8, 4) is 5.75 Å². The maximum absolute atomic E-state index is 13.0. The molecule has 26 heavy (non-hydrogen) atoms. The first-order valence-electron chi connectivity index (χ1n) is 7.82. The Labute approximate surface area is 147 Å². The Kier molecular flexibility index (Phi) is 5.74. The number of ether oxygens (including phenoxy) is 1. The van der Waals surface area contributed by atoms with Crippen molar-refractivity contribution in [3.63, 3.8) is 0 Å². The zero-order valence-corrected chi connectivity index (χ0v) is 14.4. The van der Waals surface area contributed by atoms with Gasteiger partial charge in [0.15, 0.2) is 6.61 Å². The Bertz CT molecular complexity index is 886. The average Bonchev–Trinajstić information content (AvgIpc) is 2.55. The topological polar surface area (TPSA) is 59.8 Å². The number of carbonyl (C=O) groups excluding carboxylic acids is 1. The van der Waals surface area contributed by atoms with Crippen molar-refractivity contribution in [3.05, 3.63) is 52.4 Å². The lowest BCUT2D eigenvalue weighted by Gasteiger charge is -2.21. The van der Waals surface area contributed by atoms with Gasteiger partial charge in [-0.25, -0.2) is 4.79 Å². The second-order valence-corrected chi connectivity index (χ2v) is 5.79. The minimum Gasteiger partial charge on any atom is -0.484 e. The molecule has 8 heteroatoms. The molecule has 0 spiro atoms. The minimum absolute atomic E-state index is 0.125. The highest BCUT2D eigenvalue weighted by Crippen LogP contribution is 2.34. The van der Waals surface area contributed by atoms with Crippen LogP contribution in [0.25, 0.3) is 11.0 Å². The van der Waals surface area contributed by atoms with Crippen molar-refractivity contribution < 1.29 is 27.1 Å². The van der Waals surface area contributed by atoms with Gasteiger partial charge in [-0.15, -0.1) is 0 Å². The molecule has 0 aliphatic heterocycles. The summed E-state index contributed by atoms with van der Waals surface area (Å²) >= 11 is 0. The molecule has 0 fully saturated rings. The molecule has 1 aromatic carbocycles. The van der Waals surface area contributed by atoms with E-state index in [1.807, 2.05) is 6.92 Å². The molecule has 0 aliphatic rings. The number of nitrogens with zero attached hydrogens (tertiary/aromatic N) is 1. The highest BCUT2D eigenvalue weighted by Gasteiger charge is 2.33. The third kappa shape index (κ3) is 4.65. The van der Waals surface area contributed by atoms with Crippen LogP contribution in [-0.2, 0) is 11.0 Å². The van der Waals surface area contributed by atoms with Crippen molar-refractivity contribution in [1.82, 2.24) is 4.90 Å². The number of likely N-dealkylation sites (N-methyl/N-ethyl adjacent to an activating group) is 1. The van der Waals surface area contributed by atoms with E-state index in [1.54, 1.807) is 6.92 Å². The molecule has 1 heterocycles. The summed E-state index contributed by atoms with van der Waals surface area (Å²) in [6.45, 7) is 7.91. The molecule has 5 nitrogen and oxygen atoms in total. The van der Waals surface area contributed by atoms with Gasteiger partial charge in [-0.2, -0.15) is 13.2 Å². The fraction of sp³-hybridized carbons (Fsp3) is 0.333. The first-order chi connectivity index (χ1) is 12.1. The van der Waals surface area contributed by atoms with Crippen LogP contribution in [0.1, 0.15) is 19.4 Å². The summed E-state index contributed by atoms with van der Waals surface area (Å²) in [6.07, 6.45) is -4.68. The van der Waals surface area contributed by atoms with Gasteiger partial charge in [-0.1, -0.05) is 12.2 Å². The number of fused-ring (bicyclic) bond motifs is 1. The smallest absolute Gasteiger partial charge is 0.417 e. The van der Waals surface area contributed by atoms with Gasteiger partial charge >= 0.3 is 11.8 Å². The van der Waals surface area contributed by atoms with Crippen LogP contribution in [0.3, 0.4) is 0 Å². The highest BCUT2D eigenvalue weighted by atomic mass is 19.4. The monoisotopic (exact) mass is 369 g/mol. The van der Waals surface area contributed by atoms with Gasteiger partial charge in [0.2, 0.25) is 0 Å². The van der Waals surface area contributed by atoms with E-state index in [0.717, 1.165) is 17.7 Å². The van der Waals surface area contributed by atoms with Crippen LogP contribution in [0.5, 0.6) is 5.75 Å². The molecular weight excluding hydrogens is 351 g/mol. The maximum atomic E-state index is 13.0. The van der Waals surface area contributed by atoms with Crippen LogP contribution in [-0.4, -0.2) is 30.5 Å². The van der Waals surface area contributed by atoms with E-state index in [2.05, 4.69) is 6.58 Å². The summed E-state index contributed by atoms with van der Waals surface area (Å²) in [7, 11) is 0. The lowest BCUT2D eigenvalue weighted by molar-refractivity contribution is -0.136. The normalized spacial score (nSPS) is 11.4. The van der Waals surface area contributed by atoms with Crippen LogP contribution in [0.2, 0.25) is 0 Å². The van der Waals surface area contributed by atoms with Gasteiger partial charge in [0.1, 0.15) is 11.3 Å². The fourth-order valence-electron chi connectivity index (χ4n) is 2.41. The summed E-state index contributed by atoms with van der Waals surface area (Å²) in [5.41, 5.74) is -1.64. The summed E-state index contributed by atoms with van der Waals surface area (Å²) < 4.78 is 49.2. The number of rotatable bonds is 6. The standard InChI is InChI=1S/C18H18F3NO4/c1-4-22(9-11(2)3)16(23)10-25-12-5-6-13-14(18(19,20)21)8-17(24)26-15(13)7-12/h5-8H,2,4,9-10H2,1,3H3. The number of hydrogen-bond donors (Lipinski definition) is 0. The second-order valence-electron chi connectivity index (χ2n) is 5.79. The van der Waals surface area contributed by atoms with Crippen LogP contribution in [0.4, 0.5) is 13.2 Å². The van der Waals surface area contributed by atoms with Crippen LogP contribution >= 0.6 is 0 Å². The largest absolute Gasteiger partial charge is 0.484 e. The van der Waals surface area contributed by atoms with E-state index in [0.29, 0.717) is 19.2 Å². The molecule has 1 amide bonds. The van der Waals surface area contributed by atoms with E-state index < -0.39 is 17.4 Å². The van der Waals surface area contributed by atoms with Crippen molar-refractivity contribution >= 4 is 16.9 Å². The number of benzene rings is 1. The third-order valence-corrected chi connectivity index (χ3v) is 3.58. The number of carbonyl (C=O) groups is 1. The molecule has 0 atom stereocenters. The Morgan fingerprint density at radius 3 is 2.58 bits per heavy atom. The molecule has 2 rings (SSSR count). The molecular formula is C18H18F3NO4. The van der Waals surface area contributed by atoms with Crippen molar-refractivity contribution in [2.24, 2.45) is 0 Å². The Morgan fingerprint density at radius 2 is 2.00 bits per heavy atom. The van der Waals surface area contributed by atoms with Gasteiger partial charge in [-0.3, -0.25) is 4.79 Å². The van der Waals surface area contributed by atoms with E-state index in [1.165, 1.54) is 11.0 Å². The maximum Gasteiger partial charge on any atom is 0.417 e. The second kappa shape index (κ2) is 7.63. The molecule has 0 unspecified atom stereocenters. The first kappa shape index (κ1) is 19.6. The minimum atomic E-state index is -4.68. The Morgan fingerprint density at radius 1 is 1.31 bits per heavy atom. The Balaban J connectivity index is 2.23. The van der Waals surface area contributed by atoms with E-state index in [9.17, 15) is 22.8 Å². The molecule has 0 N–H and O–H groups in total. The first-order valence-corrected chi connectivity index (χ1v) is 7.82. The predicted octanol–water partition coefficient (Wildman–Crippen LogP) is 3.62. The van der Waals surface area contributed by atoms with Crippen molar-refractivity contribution in [2.75, 3.05) is 19.7 Å². The molecule has 140 valence electrons. The number of alkyl halides is 3. The van der Waals surface area contributed by atoms with Gasteiger partial charge in [0.25, 0.3) is 5.91 Å². The zero-order valence-electron chi connectivity index (χ0n) is 14.4. The SMILES string of the molecule is C=C(C)CN(CC)C(=O)COc1ccc2c(C(F)(F)F)cc(=O)oc2c1. The van der Waals surface area contributed by atoms with E-state index in [4.69, 9.17) is 9.15 Å². The molecule has 0 saturated carbocycles. The van der Waals surface area contributed by atoms with Gasteiger partial charge in [-0.05, 0) is 26.0 Å².